The highest BCUT2D eigenvalue weighted by atomic mass is 15.3. The van der Waals surface area contributed by atoms with Crippen molar-refractivity contribution < 1.29 is 0 Å². The fourth-order valence-electron chi connectivity index (χ4n) is 4.95. The van der Waals surface area contributed by atoms with Gasteiger partial charge >= 0.3 is 0 Å². The minimum atomic E-state index is 0.636. The molecular formula is C21H42N2. The first-order chi connectivity index (χ1) is 11.4. The molecule has 0 aromatic carbocycles. The summed E-state index contributed by atoms with van der Waals surface area (Å²) in [6, 6.07) is 1.75. The maximum atomic E-state index is 3.69. The van der Waals surface area contributed by atoms with E-state index in [0.29, 0.717) is 6.17 Å². The molecule has 2 fully saturated rings. The molecular weight excluding hydrogens is 280 g/mol. The van der Waals surface area contributed by atoms with E-state index in [-0.39, 0.29) is 0 Å². The standard InChI is InChI=1S/C21H42N2/c1-3-4-5-6-7-8-9-18-21(22-2)23(19-14-10-11-15-19)20-16-12-13-17-20/h19-22H,3-18H2,1-2H3. The van der Waals surface area contributed by atoms with Gasteiger partial charge in [-0.2, -0.15) is 0 Å². The lowest BCUT2D eigenvalue weighted by atomic mass is 10.0. The van der Waals surface area contributed by atoms with Gasteiger partial charge in [-0.15, -0.1) is 0 Å². The monoisotopic (exact) mass is 322 g/mol. The van der Waals surface area contributed by atoms with Crippen LogP contribution in [0.2, 0.25) is 0 Å². The average Bonchev–Trinajstić information content (AvgIpc) is 3.27. The molecule has 0 amide bonds. The highest BCUT2D eigenvalue weighted by Gasteiger charge is 2.34. The predicted octanol–water partition coefficient (Wildman–Crippen LogP) is 5.86. The van der Waals surface area contributed by atoms with Gasteiger partial charge in [0.05, 0.1) is 6.17 Å². The summed E-state index contributed by atoms with van der Waals surface area (Å²) in [5, 5.41) is 3.69. The van der Waals surface area contributed by atoms with Gasteiger partial charge < -0.3 is 5.32 Å². The van der Waals surface area contributed by atoms with E-state index in [1.807, 2.05) is 0 Å². The summed E-state index contributed by atoms with van der Waals surface area (Å²) in [5.74, 6) is 0. The van der Waals surface area contributed by atoms with Crippen LogP contribution in [0.4, 0.5) is 0 Å². The molecule has 2 rings (SSSR count). The molecule has 0 spiro atoms. The summed E-state index contributed by atoms with van der Waals surface area (Å²) in [5.41, 5.74) is 0. The highest BCUT2D eigenvalue weighted by molar-refractivity contribution is 4.89. The zero-order valence-electron chi connectivity index (χ0n) is 16.0. The first-order valence-electron chi connectivity index (χ1n) is 10.8. The second-order valence-corrected chi connectivity index (χ2v) is 8.04. The molecule has 2 heteroatoms. The minimum Gasteiger partial charge on any atom is -0.305 e. The number of unbranched alkanes of at least 4 members (excludes halogenated alkanes) is 6. The van der Waals surface area contributed by atoms with E-state index in [4.69, 9.17) is 0 Å². The van der Waals surface area contributed by atoms with E-state index in [1.54, 1.807) is 0 Å². The molecule has 1 atom stereocenters. The van der Waals surface area contributed by atoms with Gasteiger partial charge in [0.25, 0.3) is 0 Å². The van der Waals surface area contributed by atoms with Gasteiger partial charge in [-0.25, -0.2) is 0 Å². The first-order valence-corrected chi connectivity index (χ1v) is 10.8. The Morgan fingerprint density at radius 3 is 1.74 bits per heavy atom. The Morgan fingerprint density at radius 1 is 0.783 bits per heavy atom. The predicted molar refractivity (Wildman–Crippen MR) is 102 cm³/mol. The van der Waals surface area contributed by atoms with Crippen LogP contribution in [-0.4, -0.2) is 30.2 Å². The normalized spacial score (nSPS) is 21.5. The Balaban J connectivity index is 1.75. The van der Waals surface area contributed by atoms with Gasteiger partial charge in [0, 0.05) is 12.1 Å². The summed E-state index contributed by atoms with van der Waals surface area (Å²) < 4.78 is 0. The van der Waals surface area contributed by atoms with Gasteiger partial charge in [0.1, 0.15) is 0 Å². The van der Waals surface area contributed by atoms with Gasteiger partial charge in [0.15, 0.2) is 0 Å². The van der Waals surface area contributed by atoms with Crippen LogP contribution in [0, 0.1) is 0 Å². The fraction of sp³-hybridized carbons (Fsp3) is 1.00. The molecule has 2 aliphatic carbocycles. The van der Waals surface area contributed by atoms with Crippen molar-refractivity contribution in [2.24, 2.45) is 0 Å². The maximum Gasteiger partial charge on any atom is 0.0599 e. The molecule has 1 unspecified atom stereocenters. The Kier molecular flexibility index (Phi) is 9.60. The summed E-state index contributed by atoms with van der Waals surface area (Å²) in [7, 11) is 2.20. The largest absolute Gasteiger partial charge is 0.305 e. The van der Waals surface area contributed by atoms with E-state index in [9.17, 15) is 0 Å². The second-order valence-electron chi connectivity index (χ2n) is 8.04. The molecule has 0 aromatic heterocycles. The van der Waals surface area contributed by atoms with Crippen LogP contribution < -0.4 is 5.32 Å². The lowest BCUT2D eigenvalue weighted by Crippen LogP contribution is -2.53. The maximum absolute atomic E-state index is 3.69. The number of nitrogens with zero attached hydrogens (tertiary/aromatic N) is 1. The molecule has 0 aromatic rings. The van der Waals surface area contributed by atoms with E-state index in [1.165, 1.54) is 103 Å². The molecule has 2 saturated carbocycles. The Morgan fingerprint density at radius 2 is 1.26 bits per heavy atom. The third kappa shape index (κ3) is 6.38. The Labute approximate surface area is 145 Å². The van der Waals surface area contributed by atoms with Gasteiger partial charge in [-0.05, 0) is 39.2 Å². The quantitative estimate of drug-likeness (QED) is 0.357. The number of nitrogens with one attached hydrogen (secondary N) is 1. The van der Waals surface area contributed by atoms with Crippen molar-refractivity contribution in [2.45, 2.75) is 128 Å². The van der Waals surface area contributed by atoms with Crippen LogP contribution in [0.25, 0.3) is 0 Å². The summed E-state index contributed by atoms with van der Waals surface area (Å²) >= 11 is 0. The van der Waals surface area contributed by atoms with Crippen molar-refractivity contribution in [3.8, 4) is 0 Å². The molecule has 23 heavy (non-hydrogen) atoms. The van der Waals surface area contributed by atoms with Gasteiger partial charge in [-0.1, -0.05) is 77.6 Å². The SMILES string of the molecule is CCCCCCCCCC(NC)N(C1CCCC1)C1CCCC1. The molecule has 1 N–H and O–H groups in total. The third-order valence-electron chi connectivity index (χ3n) is 6.27. The highest BCUT2D eigenvalue weighted by Crippen LogP contribution is 2.33. The van der Waals surface area contributed by atoms with E-state index >= 15 is 0 Å². The average molecular weight is 323 g/mol. The lowest BCUT2D eigenvalue weighted by molar-refractivity contribution is 0.0601. The van der Waals surface area contributed by atoms with E-state index in [2.05, 4.69) is 24.2 Å². The van der Waals surface area contributed by atoms with Crippen molar-refractivity contribution in [1.29, 1.82) is 0 Å². The summed E-state index contributed by atoms with van der Waals surface area (Å²) in [6.07, 6.45) is 23.6. The van der Waals surface area contributed by atoms with Crippen LogP contribution in [0.15, 0.2) is 0 Å². The molecule has 0 saturated heterocycles. The summed E-state index contributed by atoms with van der Waals surface area (Å²) in [4.78, 5) is 2.94. The Hall–Kier alpha value is -0.0800. The number of hydrogen-bond donors (Lipinski definition) is 1. The van der Waals surface area contributed by atoms with Crippen LogP contribution in [0.5, 0.6) is 0 Å². The first kappa shape index (κ1) is 19.2. The molecule has 0 radical (unpaired) electrons. The molecule has 0 aliphatic heterocycles. The lowest BCUT2D eigenvalue weighted by Gasteiger charge is -2.41. The Bertz CT molecular complexity index is 264. The van der Waals surface area contributed by atoms with Crippen molar-refractivity contribution in [3.63, 3.8) is 0 Å². The van der Waals surface area contributed by atoms with Crippen molar-refractivity contribution in [3.05, 3.63) is 0 Å². The molecule has 0 heterocycles. The van der Waals surface area contributed by atoms with E-state index < -0.39 is 0 Å². The van der Waals surface area contributed by atoms with Gasteiger partial charge in [0.2, 0.25) is 0 Å². The second kappa shape index (κ2) is 11.5. The molecule has 136 valence electrons. The smallest absolute Gasteiger partial charge is 0.0599 e. The zero-order chi connectivity index (χ0) is 16.3. The molecule has 0 bridgehead atoms. The summed E-state index contributed by atoms with van der Waals surface area (Å²) in [6.45, 7) is 2.30. The molecule has 2 nitrogen and oxygen atoms in total. The fourth-order valence-corrected chi connectivity index (χ4v) is 4.95. The molecule has 2 aliphatic rings. The number of hydrogen-bond acceptors (Lipinski definition) is 2. The third-order valence-corrected chi connectivity index (χ3v) is 6.27. The van der Waals surface area contributed by atoms with Crippen molar-refractivity contribution >= 4 is 0 Å². The van der Waals surface area contributed by atoms with E-state index in [0.717, 1.165) is 12.1 Å². The van der Waals surface area contributed by atoms with Crippen molar-refractivity contribution in [1.82, 2.24) is 10.2 Å². The van der Waals surface area contributed by atoms with Crippen LogP contribution >= 0.6 is 0 Å². The zero-order valence-corrected chi connectivity index (χ0v) is 16.0. The van der Waals surface area contributed by atoms with Crippen molar-refractivity contribution in [2.75, 3.05) is 7.05 Å². The van der Waals surface area contributed by atoms with Crippen LogP contribution in [0.1, 0.15) is 110 Å². The number of rotatable bonds is 12. The van der Waals surface area contributed by atoms with Crippen LogP contribution in [-0.2, 0) is 0 Å². The minimum absolute atomic E-state index is 0.636. The topological polar surface area (TPSA) is 15.3 Å². The van der Waals surface area contributed by atoms with Crippen LogP contribution in [0.3, 0.4) is 0 Å². The van der Waals surface area contributed by atoms with Gasteiger partial charge in [-0.3, -0.25) is 4.90 Å².